The van der Waals surface area contributed by atoms with Crippen LogP contribution in [0.25, 0.3) is 0 Å². The van der Waals surface area contributed by atoms with Crippen molar-refractivity contribution in [2.45, 2.75) is 71.1 Å². The fourth-order valence-corrected chi connectivity index (χ4v) is 2.84. The lowest BCUT2D eigenvalue weighted by atomic mass is 10.1. The number of hydrogen-bond donors (Lipinski definition) is 1. The van der Waals surface area contributed by atoms with Crippen LogP contribution in [-0.2, 0) is 11.4 Å². The molecule has 0 saturated carbocycles. The van der Waals surface area contributed by atoms with Crippen LogP contribution in [0.2, 0.25) is 0 Å². The van der Waals surface area contributed by atoms with Crippen molar-refractivity contribution in [2.75, 3.05) is 12.3 Å². The predicted octanol–water partition coefficient (Wildman–Crippen LogP) is 4.74. The smallest absolute Gasteiger partial charge is 0.144 e. The van der Waals surface area contributed by atoms with E-state index in [0.717, 1.165) is 12.8 Å². The summed E-state index contributed by atoms with van der Waals surface area (Å²) in [6, 6.07) is 4.64. The zero-order chi connectivity index (χ0) is 17.6. The van der Waals surface area contributed by atoms with Gasteiger partial charge >= 0.3 is 0 Å². The Morgan fingerprint density at radius 1 is 0.917 bits per heavy atom. The lowest BCUT2D eigenvalue weighted by Gasteiger charge is -2.11. The summed E-state index contributed by atoms with van der Waals surface area (Å²) in [5.41, 5.74) is 6.12. The molecule has 0 amide bonds. The van der Waals surface area contributed by atoms with Crippen molar-refractivity contribution in [3.8, 4) is 11.5 Å². The van der Waals surface area contributed by atoms with E-state index in [2.05, 4.69) is 11.1 Å². The van der Waals surface area contributed by atoms with Gasteiger partial charge in [-0.3, -0.25) is 0 Å². The lowest BCUT2D eigenvalue weighted by Crippen LogP contribution is -2.01. The van der Waals surface area contributed by atoms with Gasteiger partial charge in [-0.2, -0.15) is 0 Å². The van der Waals surface area contributed by atoms with Crippen LogP contribution in [0.1, 0.15) is 71.1 Å². The van der Waals surface area contributed by atoms with Crippen molar-refractivity contribution in [3.05, 3.63) is 18.2 Å². The molecule has 0 aromatic heterocycles. The van der Waals surface area contributed by atoms with E-state index in [1.54, 1.807) is 6.07 Å². The molecule has 0 aliphatic heterocycles. The van der Waals surface area contributed by atoms with Gasteiger partial charge in [0.25, 0.3) is 0 Å². The summed E-state index contributed by atoms with van der Waals surface area (Å²) >= 11 is -2.61. The Balaban J connectivity index is 2.08. The van der Waals surface area contributed by atoms with Gasteiger partial charge in [0.15, 0.2) is 0 Å². The summed E-state index contributed by atoms with van der Waals surface area (Å²) in [4.78, 5) is 0. The van der Waals surface area contributed by atoms with Gasteiger partial charge < -0.3 is 19.2 Å². The molecule has 0 aliphatic rings. The number of nitrogens with two attached hydrogens (primary N) is 1. The molecular weight excluding hydrogens is 326 g/mol. The van der Waals surface area contributed by atoms with Crippen LogP contribution < -0.4 is 14.7 Å². The standard InChI is InChI=1S/C18H31NO4S/c1-2-3-4-5-6-7-8-9-10-11-12-22-17-13-16(19)14-18(15-17)23-24(20)21/h13-15H,2-12,19H2,1H3,(H,20,21)/p-1. The third-order valence-corrected chi connectivity index (χ3v) is 4.16. The second-order valence-electron chi connectivity index (χ2n) is 6.06. The first-order chi connectivity index (χ1) is 11.6. The maximum atomic E-state index is 10.5. The maximum absolute atomic E-state index is 10.5. The van der Waals surface area contributed by atoms with Gasteiger partial charge in [0, 0.05) is 23.9 Å². The van der Waals surface area contributed by atoms with E-state index in [4.69, 9.17) is 10.5 Å². The van der Waals surface area contributed by atoms with Gasteiger partial charge in [0.05, 0.1) is 6.61 Å². The van der Waals surface area contributed by atoms with Crippen molar-refractivity contribution in [2.24, 2.45) is 0 Å². The van der Waals surface area contributed by atoms with Gasteiger partial charge in [0.2, 0.25) is 0 Å². The zero-order valence-corrected chi connectivity index (χ0v) is 15.4. The van der Waals surface area contributed by atoms with Crippen LogP contribution >= 0.6 is 0 Å². The first-order valence-electron chi connectivity index (χ1n) is 8.92. The summed E-state index contributed by atoms with van der Waals surface area (Å²) in [5.74, 6) is 0.702. The lowest BCUT2D eigenvalue weighted by molar-refractivity contribution is 0.303. The molecule has 0 bridgehead atoms. The maximum Gasteiger partial charge on any atom is 0.144 e. The molecule has 5 nitrogen and oxygen atoms in total. The van der Waals surface area contributed by atoms with Crippen molar-refractivity contribution < 1.29 is 17.7 Å². The van der Waals surface area contributed by atoms with Gasteiger partial charge in [-0.25, -0.2) is 4.21 Å². The van der Waals surface area contributed by atoms with E-state index < -0.39 is 11.4 Å². The fourth-order valence-electron chi connectivity index (χ4n) is 2.58. The number of anilines is 1. The van der Waals surface area contributed by atoms with Crippen molar-refractivity contribution >= 4 is 17.0 Å². The van der Waals surface area contributed by atoms with Crippen molar-refractivity contribution in [3.63, 3.8) is 0 Å². The van der Waals surface area contributed by atoms with Crippen LogP contribution in [-0.4, -0.2) is 15.4 Å². The molecule has 1 atom stereocenters. The van der Waals surface area contributed by atoms with Crippen LogP contribution in [0.15, 0.2) is 18.2 Å². The molecule has 1 aromatic carbocycles. The Hall–Kier alpha value is -1.27. The first-order valence-corrected chi connectivity index (χ1v) is 9.92. The molecule has 0 spiro atoms. The van der Waals surface area contributed by atoms with Gasteiger partial charge in [-0.05, 0) is 6.42 Å². The minimum Gasteiger partial charge on any atom is -0.740 e. The Morgan fingerprint density at radius 3 is 2.04 bits per heavy atom. The third-order valence-electron chi connectivity index (χ3n) is 3.83. The number of unbranched alkanes of at least 4 members (excludes halogenated alkanes) is 9. The molecule has 0 radical (unpaired) electrons. The Kier molecular flexibility index (Phi) is 11.3. The van der Waals surface area contributed by atoms with E-state index >= 15 is 0 Å². The number of rotatable bonds is 14. The van der Waals surface area contributed by atoms with Crippen LogP contribution in [0, 0.1) is 0 Å². The van der Waals surface area contributed by atoms with E-state index in [1.165, 1.54) is 63.5 Å². The number of hydrogen-bond acceptors (Lipinski definition) is 5. The molecular formula is C18H30NO4S-. The summed E-state index contributed by atoms with van der Waals surface area (Å²) in [5, 5.41) is 0. The topological polar surface area (TPSA) is 84.6 Å². The van der Waals surface area contributed by atoms with Crippen LogP contribution in [0.5, 0.6) is 11.5 Å². The minimum absolute atomic E-state index is 0.168. The molecule has 1 unspecified atom stereocenters. The second kappa shape index (κ2) is 13.1. The molecule has 6 heteroatoms. The van der Waals surface area contributed by atoms with Gasteiger partial charge in [0.1, 0.15) is 22.9 Å². The largest absolute Gasteiger partial charge is 0.740 e. The summed E-state index contributed by atoms with van der Waals surface area (Å²) in [7, 11) is 0. The minimum atomic E-state index is -2.61. The van der Waals surface area contributed by atoms with Crippen molar-refractivity contribution in [1.29, 1.82) is 0 Å². The van der Waals surface area contributed by atoms with E-state index in [9.17, 15) is 8.76 Å². The molecule has 1 aromatic rings. The fraction of sp³-hybridized carbons (Fsp3) is 0.667. The molecule has 1 rings (SSSR count). The first kappa shape index (κ1) is 20.8. The highest BCUT2D eigenvalue weighted by molar-refractivity contribution is 7.74. The van der Waals surface area contributed by atoms with Crippen molar-refractivity contribution in [1.82, 2.24) is 0 Å². The highest BCUT2D eigenvalue weighted by Crippen LogP contribution is 2.25. The average molecular weight is 357 g/mol. The Labute approximate surface area is 148 Å². The quantitative estimate of drug-likeness (QED) is 0.295. The third kappa shape index (κ3) is 10.5. The summed E-state index contributed by atoms with van der Waals surface area (Å²) in [6.07, 6.45) is 12.7. The molecule has 0 saturated heterocycles. The SMILES string of the molecule is CCCCCCCCCCCCOc1cc(N)cc(OS(=O)[O-])c1. The number of benzene rings is 1. The second-order valence-corrected chi connectivity index (χ2v) is 6.63. The molecule has 138 valence electrons. The summed E-state index contributed by atoms with van der Waals surface area (Å²) in [6.45, 7) is 2.84. The molecule has 2 N–H and O–H groups in total. The average Bonchev–Trinajstić information content (AvgIpc) is 2.51. The van der Waals surface area contributed by atoms with E-state index in [0.29, 0.717) is 18.0 Å². The number of ether oxygens (including phenoxy) is 1. The molecule has 0 fully saturated rings. The molecule has 0 heterocycles. The Bertz CT molecular complexity index is 482. The zero-order valence-electron chi connectivity index (χ0n) is 14.6. The van der Waals surface area contributed by atoms with E-state index in [-0.39, 0.29) is 5.75 Å². The normalized spacial score (nSPS) is 12.1. The van der Waals surface area contributed by atoms with Gasteiger partial charge in [-0.1, -0.05) is 64.7 Å². The Morgan fingerprint density at radius 2 is 1.46 bits per heavy atom. The summed E-state index contributed by atoms with van der Waals surface area (Å²) < 4.78 is 31.3. The van der Waals surface area contributed by atoms with Gasteiger partial charge in [-0.15, -0.1) is 0 Å². The number of nitrogen functional groups attached to an aromatic ring is 1. The molecule has 24 heavy (non-hydrogen) atoms. The van der Waals surface area contributed by atoms with E-state index in [1.807, 2.05) is 0 Å². The highest BCUT2D eigenvalue weighted by Gasteiger charge is 2.02. The predicted molar refractivity (Wildman–Crippen MR) is 97.7 cm³/mol. The van der Waals surface area contributed by atoms with Crippen LogP contribution in [0.3, 0.4) is 0 Å². The highest BCUT2D eigenvalue weighted by atomic mass is 32.2. The monoisotopic (exact) mass is 356 g/mol. The van der Waals surface area contributed by atoms with Crippen LogP contribution in [0.4, 0.5) is 5.69 Å². The molecule has 0 aliphatic carbocycles.